The summed E-state index contributed by atoms with van der Waals surface area (Å²) in [5.41, 5.74) is 6.59. The molecule has 4 rings (SSSR count). The molecule has 23 heavy (non-hydrogen) atoms. The van der Waals surface area contributed by atoms with E-state index in [-0.39, 0.29) is 24.4 Å². The maximum absolute atomic E-state index is 12.6. The molecule has 7 heteroatoms. The van der Waals surface area contributed by atoms with Crippen molar-refractivity contribution in [3.05, 3.63) is 17.8 Å². The molecule has 3 aliphatic rings. The highest BCUT2D eigenvalue weighted by atomic mass is 35.5. The van der Waals surface area contributed by atoms with E-state index < -0.39 is 0 Å². The fourth-order valence-electron chi connectivity index (χ4n) is 4.19. The molecule has 0 radical (unpaired) electrons. The molecule has 2 N–H and O–H groups in total. The first kappa shape index (κ1) is 16.5. The van der Waals surface area contributed by atoms with Crippen LogP contribution in [-0.2, 0) is 0 Å². The van der Waals surface area contributed by atoms with Crippen LogP contribution in [0.2, 0.25) is 0 Å². The number of likely N-dealkylation sites (tertiary alicyclic amines) is 1. The molecule has 1 aromatic heterocycles. The van der Waals surface area contributed by atoms with Gasteiger partial charge in [0.1, 0.15) is 0 Å². The molecule has 0 bridgehead atoms. The number of halogens is 1. The highest BCUT2D eigenvalue weighted by Gasteiger charge is 2.42. The molecule has 1 aliphatic carbocycles. The van der Waals surface area contributed by atoms with Gasteiger partial charge in [0.2, 0.25) is 0 Å². The van der Waals surface area contributed by atoms with Crippen molar-refractivity contribution < 1.29 is 4.79 Å². The van der Waals surface area contributed by atoms with Gasteiger partial charge in [-0.2, -0.15) is 0 Å². The van der Waals surface area contributed by atoms with Crippen molar-refractivity contribution >= 4 is 24.1 Å². The number of fused-ring (bicyclic) bond motifs is 1. The van der Waals surface area contributed by atoms with Gasteiger partial charge in [0.05, 0.1) is 0 Å². The molecule has 2 aliphatic heterocycles. The average Bonchev–Trinajstić information content (AvgIpc) is 3.26. The van der Waals surface area contributed by atoms with Crippen molar-refractivity contribution in [2.45, 2.75) is 31.7 Å². The van der Waals surface area contributed by atoms with E-state index in [1.54, 1.807) is 0 Å². The lowest BCUT2D eigenvalue weighted by molar-refractivity contribution is 0.0772. The molecule has 3 atom stereocenters. The van der Waals surface area contributed by atoms with E-state index in [0.717, 1.165) is 44.8 Å². The van der Waals surface area contributed by atoms with E-state index in [9.17, 15) is 4.79 Å². The Morgan fingerprint density at radius 1 is 1.13 bits per heavy atom. The molecule has 1 amide bonds. The molecular weight excluding hydrogens is 314 g/mol. The monoisotopic (exact) mass is 337 g/mol. The number of nitrogens with zero attached hydrogens (tertiary/aromatic N) is 4. The third kappa shape index (κ3) is 3.02. The number of carbonyl (C=O) groups excluding carboxylic acids is 1. The van der Waals surface area contributed by atoms with Crippen molar-refractivity contribution in [1.29, 1.82) is 0 Å². The third-order valence-corrected chi connectivity index (χ3v) is 5.50. The summed E-state index contributed by atoms with van der Waals surface area (Å²) in [5.74, 6) is 1.94. The van der Waals surface area contributed by atoms with Gasteiger partial charge in [-0.3, -0.25) is 4.79 Å². The molecule has 1 saturated carbocycles. The quantitative estimate of drug-likeness (QED) is 0.880. The maximum atomic E-state index is 12.6. The fraction of sp³-hybridized carbons (Fsp3) is 0.688. The summed E-state index contributed by atoms with van der Waals surface area (Å²) >= 11 is 0. The molecular formula is C16H24ClN5O. The predicted octanol–water partition coefficient (Wildman–Crippen LogP) is 1.31. The third-order valence-electron chi connectivity index (χ3n) is 5.50. The van der Waals surface area contributed by atoms with Crippen molar-refractivity contribution in [1.82, 2.24) is 15.1 Å². The van der Waals surface area contributed by atoms with Crippen molar-refractivity contribution in [2.24, 2.45) is 17.6 Å². The molecule has 0 spiro atoms. The number of rotatable bonds is 2. The first-order valence-electron chi connectivity index (χ1n) is 8.36. The van der Waals surface area contributed by atoms with E-state index in [1.807, 2.05) is 17.0 Å². The van der Waals surface area contributed by atoms with E-state index in [0.29, 0.717) is 17.5 Å². The molecule has 3 fully saturated rings. The largest absolute Gasteiger partial charge is 0.355 e. The molecule has 2 saturated heterocycles. The molecule has 3 unspecified atom stereocenters. The second-order valence-corrected chi connectivity index (χ2v) is 6.85. The number of nitrogens with two attached hydrogens (primary N) is 1. The van der Waals surface area contributed by atoms with Crippen LogP contribution in [-0.4, -0.2) is 53.2 Å². The number of amides is 1. The van der Waals surface area contributed by atoms with Crippen LogP contribution in [0, 0.1) is 11.8 Å². The van der Waals surface area contributed by atoms with Crippen molar-refractivity contribution in [3.8, 4) is 0 Å². The van der Waals surface area contributed by atoms with Gasteiger partial charge in [0.15, 0.2) is 11.5 Å². The second kappa shape index (κ2) is 6.61. The Morgan fingerprint density at radius 2 is 1.91 bits per heavy atom. The summed E-state index contributed by atoms with van der Waals surface area (Å²) in [6, 6.07) is 4.00. The zero-order chi connectivity index (χ0) is 15.1. The minimum Gasteiger partial charge on any atom is -0.355 e. The summed E-state index contributed by atoms with van der Waals surface area (Å²) in [6.07, 6.45) is 4.66. The number of aromatic nitrogens is 2. The maximum Gasteiger partial charge on any atom is 0.274 e. The Morgan fingerprint density at radius 3 is 2.57 bits per heavy atom. The van der Waals surface area contributed by atoms with Crippen LogP contribution in [0.15, 0.2) is 12.1 Å². The minimum absolute atomic E-state index is 0. The topological polar surface area (TPSA) is 75.3 Å². The standard InChI is InChI=1S/C16H23N5O.ClH/c17-13-4-3-11-9-21(10-12(11)13)16(22)14-5-6-15(19-18-14)20-7-1-2-8-20;/h5-6,11-13H,1-4,7-10,17H2;1H. The van der Waals surface area contributed by atoms with E-state index in [4.69, 9.17) is 5.73 Å². The highest BCUT2D eigenvalue weighted by molar-refractivity contribution is 5.92. The van der Waals surface area contributed by atoms with Crippen LogP contribution in [0.25, 0.3) is 0 Å². The smallest absolute Gasteiger partial charge is 0.274 e. The molecule has 6 nitrogen and oxygen atoms in total. The Hall–Kier alpha value is -1.40. The lowest BCUT2D eigenvalue weighted by Crippen LogP contribution is -2.34. The number of carbonyl (C=O) groups is 1. The van der Waals surface area contributed by atoms with Crippen LogP contribution in [0.1, 0.15) is 36.2 Å². The zero-order valence-electron chi connectivity index (χ0n) is 13.2. The molecule has 1 aromatic rings. The van der Waals surface area contributed by atoms with Gasteiger partial charge >= 0.3 is 0 Å². The van der Waals surface area contributed by atoms with E-state index in [1.165, 1.54) is 12.8 Å². The van der Waals surface area contributed by atoms with Gasteiger partial charge in [0, 0.05) is 32.2 Å². The molecule has 3 heterocycles. The van der Waals surface area contributed by atoms with Crippen LogP contribution in [0.3, 0.4) is 0 Å². The average molecular weight is 338 g/mol. The number of hydrogen-bond acceptors (Lipinski definition) is 5. The van der Waals surface area contributed by atoms with Gasteiger partial charge < -0.3 is 15.5 Å². The summed E-state index contributed by atoms with van der Waals surface area (Å²) in [4.78, 5) is 16.7. The Bertz CT molecular complexity index is 560. The lowest BCUT2D eigenvalue weighted by Gasteiger charge is -2.19. The Balaban J connectivity index is 0.00000156. The Kier molecular flexibility index (Phi) is 4.73. The SMILES string of the molecule is Cl.NC1CCC2CN(C(=O)c3ccc(N4CCCC4)nn3)CC12. The number of anilines is 1. The van der Waals surface area contributed by atoms with E-state index >= 15 is 0 Å². The Labute approximate surface area is 142 Å². The van der Waals surface area contributed by atoms with Gasteiger partial charge in [-0.25, -0.2) is 0 Å². The van der Waals surface area contributed by atoms with Gasteiger partial charge in [-0.15, -0.1) is 22.6 Å². The summed E-state index contributed by atoms with van der Waals surface area (Å²) in [5, 5.41) is 8.41. The first-order chi connectivity index (χ1) is 10.7. The number of hydrogen-bond donors (Lipinski definition) is 1. The van der Waals surface area contributed by atoms with Gasteiger partial charge in [0.25, 0.3) is 5.91 Å². The van der Waals surface area contributed by atoms with Crippen molar-refractivity contribution in [3.63, 3.8) is 0 Å². The predicted molar refractivity (Wildman–Crippen MR) is 90.8 cm³/mol. The van der Waals surface area contributed by atoms with Gasteiger partial charge in [-0.05, 0) is 49.7 Å². The second-order valence-electron chi connectivity index (χ2n) is 6.85. The van der Waals surface area contributed by atoms with Crippen LogP contribution < -0.4 is 10.6 Å². The fourth-order valence-corrected chi connectivity index (χ4v) is 4.19. The normalized spacial score (nSPS) is 29.5. The van der Waals surface area contributed by atoms with Crippen LogP contribution >= 0.6 is 12.4 Å². The van der Waals surface area contributed by atoms with Crippen LogP contribution in [0.4, 0.5) is 5.82 Å². The highest BCUT2D eigenvalue weighted by Crippen LogP contribution is 2.37. The lowest BCUT2D eigenvalue weighted by atomic mass is 9.98. The van der Waals surface area contributed by atoms with E-state index in [2.05, 4.69) is 15.1 Å². The summed E-state index contributed by atoms with van der Waals surface area (Å²) in [6.45, 7) is 3.68. The molecule has 0 aromatic carbocycles. The summed E-state index contributed by atoms with van der Waals surface area (Å²) < 4.78 is 0. The minimum atomic E-state index is 0. The summed E-state index contributed by atoms with van der Waals surface area (Å²) in [7, 11) is 0. The zero-order valence-corrected chi connectivity index (χ0v) is 14.0. The first-order valence-corrected chi connectivity index (χ1v) is 8.36. The van der Waals surface area contributed by atoms with Crippen LogP contribution in [0.5, 0.6) is 0 Å². The van der Waals surface area contributed by atoms with Crippen molar-refractivity contribution in [2.75, 3.05) is 31.1 Å². The van der Waals surface area contributed by atoms with Gasteiger partial charge in [-0.1, -0.05) is 0 Å². The molecule has 126 valence electrons.